The maximum Gasteiger partial charge on any atom is 0.225 e. The zero-order valence-electron chi connectivity index (χ0n) is 9.30. The largest absolute Gasteiger partial charge is 0.398 e. The van der Waals surface area contributed by atoms with Gasteiger partial charge >= 0.3 is 0 Å². The highest BCUT2D eigenvalue weighted by atomic mass is 79.9. The molecule has 2 aromatic rings. The van der Waals surface area contributed by atoms with Crippen LogP contribution in [0.3, 0.4) is 0 Å². The van der Waals surface area contributed by atoms with Crippen molar-refractivity contribution >= 4 is 45.3 Å². The molecule has 0 fully saturated rings. The average Bonchev–Trinajstić information content (AvgIpc) is 2.26. The van der Waals surface area contributed by atoms with Gasteiger partial charge < -0.3 is 17.2 Å². The van der Waals surface area contributed by atoms with Crippen LogP contribution in [0, 0.1) is 0 Å². The Morgan fingerprint density at radius 1 is 1.06 bits per heavy atom. The van der Waals surface area contributed by atoms with Crippen molar-refractivity contribution in [1.82, 2.24) is 15.0 Å². The van der Waals surface area contributed by atoms with E-state index in [-0.39, 0.29) is 11.9 Å². The number of hydrogen-bond donors (Lipinski definition) is 3. The lowest BCUT2D eigenvalue weighted by molar-refractivity contribution is 0.988. The van der Waals surface area contributed by atoms with E-state index in [9.17, 15) is 0 Å². The van der Waals surface area contributed by atoms with Gasteiger partial charge in [-0.05, 0) is 18.2 Å². The summed E-state index contributed by atoms with van der Waals surface area (Å²) in [6.07, 6.45) is 0. The van der Waals surface area contributed by atoms with Crippen molar-refractivity contribution in [2.45, 2.75) is 10.6 Å². The van der Waals surface area contributed by atoms with Crippen molar-refractivity contribution in [3.05, 3.63) is 28.5 Å². The fourth-order valence-corrected chi connectivity index (χ4v) is 2.50. The molecule has 0 spiro atoms. The molecule has 1 aromatic heterocycles. The maximum atomic E-state index is 5.89. The number of halogens is 1. The van der Waals surface area contributed by atoms with Crippen molar-refractivity contribution in [1.29, 1.82) is 0 Å². The Labute approximate surface area is 117 Å². The van der Waals surface area contributed by atoms with E-state index in [1.807, 2.05) is 18.2 Å². The van der Waals surface area contributed by atoms with Gasteiger partial charge in [-0.2, -0.15) is 15.0 Å². The van der Waals surface area contributed by atoms with Crippen LogP contribution in [0.1, 0.15) is 5.82 Å². The predicted molar refractivity (Wildman–Crippen MR) is 76.8 cm³/mol. The SMILES string of the molecule is Nc1nc(N)nc(CSc2ccc(Br)cc2N)n1. The van der Waals surface area contributed by atoms with E-state index >= 15 is 0 Å². The van der Waals surface area contributed by atoms with Crippen LogP contribution < -0.4 is 17.2 Å². The van der Waals surface area contributed by atoms with E-state index in [0.29, 0.717) is 17.3 Å². The topological polar surface area (TPSA) is 117 Å². The molecule has 1 heterocycles. The summed E-state index contributed by atoms with van der Waals surface area (Å²) in [5.74, 6) is 1.32. The summed E-state index contributed by atoms with van der Waals surface area (Å²) in [5.41, 5.74) is 17.6. The molecule has 0 bridgehead atoms. The zero-order chi connectivity index (χ0) is 13.1. The number of nitrogen functional groups attached to an aromatic ring is 3. The van der Waals surface area contributed by atoms with Gasteiger partial charge in [-0.3, -0.25) is 0 Å². The van der Waals surface area contributed by atoms with Crippen LogP contribution in [0.2, 0.25) is 0 Å². The Kier molecular flexibility index (Phi) is 3.87. The van der Waals surface area contributed by atoms with Crippen LogP contribution in [0.15, 0.2) is 27.6 Å². The average molecular weight is 327 g/mol. The number of hydrogen-bond acceptors (Lipinski definition) is 7. The number of anilines is 3. The van der Waals surface area contributed by atoms with Crippen LogP contribution in [-0.2, 0) is 5.75 Å². The molecular formula is C10H11BrN6S. The second kappa shape index (κ2) is 5.40. The molecular weight excluding hydrogens is 316 g/mol. The van der Waals surface area contributed by atoms with Crippen LogP contribution in [-0.4, -0.2) is 15.0 Å². The van der Waals surface area contributed by atoms with Gasteiger partial charge in [0, 0.05) is 15.1 Å². The van der Waals surface area contributed by atoms with E-state index in [1.165, 1.54) is 11.8 Å². The lowest BCUT2D eigenvalue weighted by atomic mass is 10.3. The van der Waals surface area contributed by atoms with Gasteiger partial charge in [0.15, 0.2) is 0 Å². The number of benzene rings is 1. The van der Waals surface area contributed by atoms with E-state index < -0.39 is 0 Å². The Morgan fingerprint density at radius 2 is 1.72 bits per heavy atom. The van der Waals surface area contributed by atoms with Crippen molar-refractivity contribution in [2.24, 2.45) is 0 Å². The summed E-state index contributed by atoms with van der Waals surface area (Å²) >= 11 is 4.87. The van der Waals surface area contributed by atoms with Crippen LogP contribution in [0.4, 0.5) is 17.6 Å². The third-order valence-corrected chi connectivity index (χ3v) is 3.62. The number of rotatable bonds is 3. The molecule has 0 amide bonds. The van der Waals surface area contributed by atoms with Gasteiger partial charge in [-0.25, -0.2) is 0 Å². The molecule has 2 rings (SSSR count). The first-order valence-corrected chi connectivity index (χ1v) is 6.76. The zero-order valence-corrected chi connectivity index (χ0v) is 11.7. The third-order valence-electron chi connectivity index (χ3n) is 2.04. The summed E-state index contributed by atoms with van der Waals surface area (Å²) in [7, 11) is 0. The van der Waals surface area contributed by atoms with Gasteiger partial charge in [0.2, 0.25) is 11.9 Å². The monoisotopic (exact) mass is 326 g/mol. The molecule has 0 aliphatic carbocycles. The Hall–Kier alpha value is -1.54. The first-order valence-electron chi connectivity index (χ1n) is 4.98. The fraction of sp³-hybridized carbons (Fsp3) is 0.100. The number of nitrogens with two attached hydrogens (primary N) is 3. The smallest absolute Gasteiger partial charge is 0.225 e. The molecule has 0 saturated carbocycles. The minimum atomic E-state index is 0.127. The second-order valence-corrected chi connectivity index (χ2v) is 5.37. The lowest BCUT2D eigenvalue weighted by Crippen LogP contribution is -2.06. The molecule has 6 nitrogen and oxygen atoms in total. The maximum absolute atomic E-state index is 5.89. The molecule has 94 valence electrons. The first-order chi connectivity index (χ1) is 8.54. The van der Waals surface area contributed by atoms with Gasteiger partial charge in [-0.15, -0.1) is 11.8 Å². The van der Waals surface area contributed by atoms with Crippen LogP contribution >= 0.6 is 27.7 Å². The van der Waals surface area contributed by atoms with E-state index in [2.05, 4.69) is 30.9 Å². The Bertz CT molecular complexity index is 556. The minimum absolute atomic E-state index is 0.127. The molecule has 8 heteroatoms. The highest BCUT2D eigenvalue weighted by molar-refractivity contribution is 9.10. The number of nitrogens with zero attached hydrogens (tertiary/aromatic N) is 3. The summed E-state index contributed by atoms with van der Waals surface area (Å²) in [6.45, 7) is 0. The molecule has 0 unspecified atom stereocenters. The molecule has 0 radical (unpaired) electrons. The molecule has 0 atom stereocenters. The summed E-state index contributed by atoms with van der Waals surface area (Å²) < 4.78 is 0.943. The van der Waals surface area contributed by atoms with Crippen LogP contribution in [0.25, 0.3) is 0 Å². The quantitative estimate of drug-likeness (QED) is 0.580. The van der Waals surface area contributed by atoms with E-state index in [1.54, 1.807) is 0 Å². The fourth-order valence-electron chi connectivity index (χ4n) is 1.31. The lowest BCUT2D eigenvalue weighted by Gasteiger charge is -2.05. The van der Waals surface area contributed by atoms with Crippen molar-refractivity contribution < 1.29 is 0 Å². The minimum Gasteiger partial charge on any atom is -0.398 e. The van der Waals surface area contributed by atoms with Gasteiger partial charge in [0.1, 0.15) is 5.82 Å². The standard InChI is InChI=1S/C10H11BrN6S/c11-5-1-2-7(6(12)3-5)18-4-8-15-9(13)17-10(14)16-8/h1-3H,4,12H2,(H4,13,14,15,16,17). The molecule has 1 aromatic carbocycles. The highest BCUT2D eigenvalue weighted by Crippen LogP contribution is 2.29. The van der Waals surface area contributed by atoms with Crippen molar-refractivity contribution in [2.75, 3.05) is 17.2 Å². The Morgan fingerprint density at radius 3 is 2.33 bits per heavy atom. The molecule has 6 N–H and O–H groups in total. The molecule has 0 aliphatic rings. The molecule has 0 saturated heterocycles. The normalized spacial score (nSPS) is 10.5. The van der Waals surface area contributed by atoms with E-state index in [4.69, 9.17) is 17.2 Å². The van der Waals surface area contributed by atoms with Crippen molar-refractivity contribution in [3.63, 3.8) is 0 Å². The van der Waals surface area contributed by atoms with Gasteiger partial charge in [0.25, 0.3) is 0 Å². The van der Waals surface area contributed by atoms with Crippen LogP contribution in [0.5, 0.6) is 0 Å². The second-order valence-electron chi connectivity index (χ2n) is 3.44. The molecule has 0 aliphatic heterocycles. The molecule has 18 heavy (non-hydrogen) atoms. The van der Waals surface area contributed by atoms with Gasteiger partial charge in [-0.1, -0.05) is 15.9 Å². The highest BCUT2D eigenvalue weighted by Gasteiger charge is 2.05. The summed E-state index contributed by atoms with van der Waals surface area (Å²) in [4.78, 5) is 12.7. The van der Waals surface area contributed by atoms with Gasteiger partial charge in [0.05, 0.1) is 5.75 Å². The Balaban J connectivity index is 2.11. The number of thioether (sulfide) groups is 1. The first kappa shape index (κ1) is 12.9. The number of aromatic nitrogens is 3. The third kappa shape index (κ3) is 3.23. The van der Waals surface area contributed by atoms with E-state index in [0.717, 1.165) is 9.37 Å². The summed E-state index contributed by atoms with van der Waals surface area (Å²) in [6, 6.07) is 5.70. The predicted octanol–water partition coefficient (Wildman–Crippen LogP) is 1.67. The van der Waals surface area contributed by atoms with Crippen molar-refractivity contribution in [3.8, 4) is 0 Å². The summed E-state index contributed by atoms with van der Waals surface area (Å²) in [5, 5.41) is 0.